The molecule has 0 spiro atoms. The lowest BCUT2D eigenvalue weighted by Gasteiger charge is -2.30. The van der Waals surface area contributed by atoms with Gasteiger partial charge >= 0.3 is 11.9 Å². The van der Waals surface area contributed by atoms with Crippen LogP contribution in [0.2, 0.25) is 0 Å². The maximum Gasteiger partial charge on any atom is 0.306 e. The molecule has 4 aromatic carbocycles. The van der Waals surface area contributed by atoms with Gasteiger partial charge in [-0.3, -0.25) is 9.59 Å². The number of quaternary nitrogens is 2. The van der Waals surface area contributed by atoms with Crippen LogP contribution in [0.25, 0.3) is 0 Å². The Bertz CT molecular complexity index is 2280. The average molecular weight is 1130 g/mol. The van der Waals surface area contributed by atoms with E-state index in [1.807, 2.05) is 36.4 Å². The van der Waals surface area contributed by atoms with Crippen molar-refractivity contribution in [3.05, 3.63) is 94.1 Å². The van der Waals surface area contributed by atoms with Gasteiger partial charge in [0, 0.05) is 38.5 Å². The second-order valence-corrected chi connectivity index (χ2v) is 20.0. The minimum absolute atomic E-state index is 0. The molecule has 0 atom stereocenters. The van der Waals surface area contributed by atoms with Crippen LogP contribution >= 0.6 is 0 Å². The number of carbonyl (C=O) groups excluding carboxylic acids is 2. The smallest absolute Gasteiger partial charge is 0.306 e. The number of aryl methyl sites for hydroxylation is 4. The van der Waals surface area contributed by atoms with Crippen LogP contribution in [-0.2, 0) is 57.6 Å². The van der Waals surface area contributed by atoms with Gasteiger partial charge in [0.05, 0.1) is 139 Å². The lowest BCUT2D eigenvalue weighted by atomic mass is 9.96. The fourth-order valence-corrected chi connectivity index (χ4v) is 9.18. The fraction of sp³-hybridized carbons (Fsp3) is 0.533. The molecular formula is C60H88Cl2N2O14. The molecule has 0 bridgehead atoms. The fourth-order valence-electron chi connectivity index (χ4n) is 9.18. The van der Waals surface area contributed by atoms with E-state index in [4.69, 9.17) is 56.8 Å². The lowest BCUT2D eigenvalue weighted by molar-refractivity contribution is -0.890. The molecule has 0 aliphatic carbocycles. The maximum absolute atomic E-state index is 12.6. The first-order valence-electron chi connectivity index (χ1n) is 26.2. The van der Waals surface area contributed by atoms with Crippen molar-refractivity contribution < 1.29 is 100 Å². The van der Waals surface area contributed by atoms with Crippen LogP contribution in [-0.4, -0.2) is 160 Å². The van der Waals surface area contributed by atoms with Crippen LogP contribution in [0.4, 0.5) is 0 Å². The molecule has 0 amide bonds. The van der Waals surface area contributed by atoms with Gasteiger partial charge in [0.25, 0.3) is 0 Å². The van der Waals surface area contributed by atoms with E-state index in [1.165, 1.54) is 22.3 Å². The van der Waals surface area contributed by atoms with Gasteiger partial charge in [-0.05, 0) is 120 Å². The SMILES string of the molecule is COc1cc(CCc2cc(OC)c(OC)c(OC)c2)c(CC[N+](C)(C)CCCOC(=O)CC/C=C/CCC(=O)OCCC[N+](C)(C)CCc2cc(OC)c(OC)cc2CCc2cc(OC)c(OC)c(OC)c2)cc1OC.[Cl-].[Cl-]. The van der Waals surface area contributed by atoms with E-state index in [0.717, 1.165) is 97.6 Å². The van der Waals surface area contributed by atoms with Crippen molar-refractivity contribution >= 4 is 11.9 Å². The summed E-state index contributed by atoms with van der Waals surface area (Å²) in [6, 6.07) is 16.3. The average Bonchev–Trinajstić information content (AvgIpc) is 3.42. The van der Waals surface area contributed by atoms with Gasteiger partial charge in [-0.25, -0.2) is 0 Å². The number of carbonyl (C=O) groups is 2. The predicted molar refractivity (Wildman–Crippen MR) is 296 cm³/mol. The van der Waals surface area contributed by atoms with Crippen LogP contribution in [0.1, 0.15) is 71.9 Å². The second-order valence-electron chi connectivity index (χ2n) is 20.0. The molecule has 0 aliphatic heterocycles. The van der Waals surface area contributed by atoms with Crippen molar-refractivity contribution in [1.29, 1.82) is 0 Å². The van der Waals surface area contributed by atoms with Crippen molar-refractivity contribution in [3.8, 4) is 57.5 Å². The number of benzene rings is 4. The molecule has 0 radical (unpaired) electrons. The van der Waals surface area contributed by atoms with Gasteiger partial charge < -0.3 is 90.6 Å². The number of rotatable bonds is 36. The molecule has 0 heterocycles. The van der Waals surface area contributed by atoms with Crippen LogP contribution in [0.5, 0.6) is 57.5 Å². The Kier molecular flexibility index (Phi) is 30.4. The van der Waals surface area contributed by atoms with Crippen LogP contribution < -0.4 is 72.2 Å². The number of hydrogen-bond acceptors (Lipinski definition) is 14. The minimum atomic E-state index is -0.227. The zero-order chi connectivity index (χ0) is 55.7. The molecule has 0 unspecified atom stereocenters. The first kappa shape index (κ1) is 68.2. The summed E-state index contributed by atoms with van der Waals surface area (Å²) < 4.78 is 68.8. The highest BCUT2D eigenvalue weighted by Gasteiger charge is 2.22. The highest BCUT2D eigenvalue weighted by Crippen LogP contribution is 2.41. The van der Waals surface area contributed by atoms with E-state index in [1.54, 1.807) is 71.1 Å². The topological polar surface area (TPSA) is 145 Å². The number of likely N-dealkylation sites (N-methyl/N-ethyl adjacent to an activating group) is 2. The first-order valence-corrected chi connectivity index (χ1v) is 26.2. The zero-order valence-electron chi connectivity index (χ0n) is 48.9. The van der Waals surface area contributed by atoms with Gasteiger partial charge in [-0.2, -0.15) is 0 Å². The summed E-state index contributed by atoms with van der Waals surface area (Å²) in [6.45, 7) is 4.17. The van der Waals surface area contributed by atoms with Crippen LogP contribution in [0.3, 0.4) is 0 Å². The van der Waals surface area contributed by atoms with E-state index >= 15 is 0 Å². The summed E-state index contributed by atoms with van der Waals surface area (Å²) in [5, 5.41) is 0. The number of hydrogen-bond donors (Lipinski definition) is 0. The van der Waals surface area contributed by atoms with Gasteiger partial charge in [0.2, 0.25) is 11.5 Å². The van der Waals surface area contributed by atoms with E-state index in [-0.39, 0.29) is 49.6 Å². The monoisotopic (exact) mass is 1130 g/mol. The van der Waals surface area contributed by atoms with Crippen molar-refractivity contribution in [2.45, 2.75) is 77.0 Å². The summed E-state index contributed by atoms with van der Waals surface area (Å²) in [5.41, 5.74) is 6.88. The Morgan fingerprint density at radius 1 is 0.372 bits per heavy atom. The molecule has 0 aromatic heterocycles. The van der Waals surface area contributed by atoms with Crippen molar-refractivity contribution in [3.63, 3.8) is 0 Å². The van der Waals surface area contributed by atoms with Crippen molar-refractivity contribution in [1.82, 2.24) is 0 Å². The number of ether oxygens (including phenoxy) is 12. The summed E-state index contributed by atoms with van der Waals surface area (Å²) in [6.07, 6.45) is 11.7. The van der Waals surface area contributed by atoms with Gasteiger partial charge in [-0.1, -0.05) is 12.2 Å². The molecule has 0 N–H and O–H groups in total. The highest BCUT2D eigenvalue weighted by atomic mass is 35.5. The molecule has 18 heteroatoms. The third-order valence-corrected chi connectivity index (χ3v) is 13.7. The highest BCUT2D eigenvalue weighted by molar-refractivity contribution is 5.70. The normalized spacial score (nSPS) is 11.2. The molecule has 0 fully saturated rings. The van der Waals surface area contributed by atoms with Crippen molar-refractivity contribution in [2.24, 2.45) is 0 Å². The lowest BCUT2D eigenvalue weighted by Crippen LogP contribution is -3.00. The molecule has 0 saturated carbocycles. The Labute approximate surface area is 477 Å². The van der Waals surface area contributed by atoms with Gasteiger partial charge in [0.15, 0.2) is 46.0 Å². The molecule has 0 saturated heterocycles. The molecule has 4 rings (SSSR count). The second kappa shape index (κ2) is 34.8. The van der Waals surface area contributed by atoms with Crippen LogP contribution in [0.15, 0.2) is 60.7 Å². The van der Waals surface area contributed by atoms with E-state index < -0.39 is 0 Å². The Hall–Kier alpha value is -5.94. The molecular weight excluding hydrogens is 1040 g/mol. The third-order valence-electron chi connectivity index (χ3n) is 13.7. The van der Waals surface area contributed by atoms with E-state index in [0.29, 0.717) is 83.6 Å². The molecule has 78 heavy (non-hydrogen) atoms. The summed E-state index contributed by atoms with van der Waals surface area (Å²) in [4.78, 5) is 25.1. The van der Waals surface area contributed by atoms with Crippen LogP contribution in [0, 0.1) is 0 Å². The zero-order valence-corrected chi connectivity index (χ0v) is 50.4. The van der Waals surface area contributed by atoms with Gasteiger partial charge in [0.1, 0.15) is 0 Å². The summed E-state index contributed by atoms with van der Waals surface area (Å²) in [5.74, 6) is 5.96. The number of allylic oxidation sites excluding steroid dienone is 2. The van der Waals surface area contributed by atoms with E-state index in [2.05, 4.69) is 52.5 Å². The standard InChI is InChI=1S/C60H88N2O14.2ClH/c1-61(2,31-27-47-41-51(67-7)49(65-5)39-45(47)25-23-43-35-53(69-9)59(73-13)54(36-43)70-10)29-19-33-75-57(63)21-17-15-16-18-22-58(64)76-34-20-30-62(3,4)32-28-48-42-52(68-8)50(66-6)40-46(48)26-24-44-37-55(71-11)60(74-14)56(38-44)72-12;;/h15-16,35-42H,17-34H2,1-14H3;2*1H/q+2;;/p-2/b16-15+;;. The molecule has 4 aromatic rings. The Balaban J connectivity index is 0.0000104. The number of nitrogens with zero attached hydrogens (tertiary/aromatic N) is 2. The number of methoxy groups -OCH3 is 10. The molecule has 436 valence electrons. The molecule has 0 aliphatic rings. The largest absolute Gasteiger partial charge is 1.00 e. The number of halogens is 2. The quantitative estimate of drug-likeness (QED) is 0.0285. The first-order chi connectivity index (χ1) is 36.5. The van der Waals surface area contributed by atoms with E-state index in [9.17, 15) is 9.59 Å². The maximum atomic E-state index is 12.6. The molecule has 16 nitrogen and oxygen atoms in total. The van der Waals surface area contributed by atoms with Crippen molar-refractivity contribution in [2.75, 3.05) is 139 Å². The Morgan fingerprint density at radius 2 is 0.654 bits per heavy atom. The third kappa shape index (κ3) is 21.4. The summed E-state index contributed by atoms with van der Waals surface area (Å²) >= 11 is 0. The Morgan fingerprint density at radius 3 is 0.923 bits per heavy atom. The minimum Gasteiger partial charge on any atom is -1.00 e. The summed E-state index contributed by atoms with van der Waals surface area (Å²) in [7, 11) is 25.1. The van der Waals surface area contributed by atoms with Gasteiger partial charge in [-0.15, -0.1) is 0 Å². The predicted octanol–water partition coefficient (Wildman–Crippen LogP) is 3.27. The number of esters is 2.